The Bertz CT molecular complexity index is 1150. The van der Waals surface area contributed by atoms with Crippen molar-refractivity contribution in [3.05, 3.63) is 71.4 Å². The molecule has 1 aliphatic rings. The van der Waals surface area contributed by atoms with Crippen LogP contribution in [-0.2, 0) is 4.74 Å². The van der Waals surface area contributed by atoms with E-state index in [1.54, 1.807) is 12.1 Å². The fourth-order valence-electron chi connectivity index (χ4n) is 3.85. The number of nitrogens with zero attached hydrogens (tertiary/aromatic N) is 2. The van der Waals surface area contributed by atoms with E-state index in [0.717, 1.165) is 18.2 Å². The zero-order chi connectivity index (χ0) is 23.5. The summed E-state index contributed by atoms with van der Waals surface area (Å²) < 4.78 is 50.9. The summed E-state index contributed by atoms with van der Waals surface area (Å²) in [5, 5.41) is 12.2. The Hall–Kier alpha value is -3.01. The predicted octanol–water partition coefficient (Wildman–Crippen LogP) is 4.37. The van der Waals surface area contributed by atoms with Crippen molar-refractivity contribution in [1.29, 1.82) is 0 Å². The van der Waals surface area contributed by atoms with Crippen LogP contribution >= 0.6 is 11.6 Å². The SMILES string of the molecule is O=C(NCCl)c1nc(-c2c(F)cccc2F)c(F)c(C2CCC(O)CO2)c1-c1cccnc1. The number of ether oxygens (including phenoxy) is 1. The summed E-state index contributed by atoms with van der Waals surface area (Å²) in [7, 11) is 0. The van der Waals surface area contributed by atoms with E-state index in [2.05, 4.69) is 15.3 Å². The highest BCUT2D eigenvalue weighted by Crippen LogP contribution is 2.42. The molecule has 6 nitrogen and oxygen atoms in total. The smallest absolute Gasteiger partial charge is 0.271 e. The van der Waals surface area contributed by atoms with Crippen molar-refractivity contribution >= 4 is 17.5 Å². The second-order valence-electron chi connectivity index (χ2n) is 7.44. The zero-order valence-corrected chi connectivity index (χ0v) is 18.0. The van der Waals surface area contributed by atoms with Gasteiger partial charge in [-0.1, -0.05) is 12.1 Å². The molecule has 3 heterocycles. The van der Waals surface area contributed by atoms with Crippen LogP contribution in [0, 0.1) is 17.5 Å². The maximum atomic E-state index is 16.1. The monoisotopic (exact) mass is 477 g/mol. The number of aromatic nitrogens is 2. The van der Waals surface area contributed by atoms with E-state index >= 15 is 4.39 Å². The molecule has 1 amide bonds. The second kappa shape index (κ2) is 9.86. The normalized spacial score (nSPS) is 18.2. The van der Waals surface area contributed by atoms with E-state index in [-0.39, 0.29) is 35.9 Å². The van der Waals surface area contributed by atoms with Crippen LogP contribution in [0.3, 0.4) is 0 Å². The molecule has 4 rings (SSSR count). The average molecular weight is 478 g/mol. The first-order chi connectivity index (χ1) is 15.9. The molecule has 1 aliphatic heterocycles. The third-order valence-corrected chi connectivity index (χ3v) is 5.47. The molecule has 3 aromatic rings. The molecule has 2 unspecified atom stereocenters. The molecule has 0 aliphatic carbocycles. The van der Waals surface area contributed by atoms with E-state index in [9.17, 15) is 18.7 Å². The van der Waals surface area contributed by atoms with Gasteiger partial charge in [-0.15, -0.1) is 11.6 Å². The predicted molar refractivity (Wildman–Crippen MR) is 115 cm³/mol. The summed E-state index contributed by atoms with van der Waals surface area (Å²) in [4.78, 5) is 21.0. The number of hydrogen-bond donors (Lipinski definition) is 2. The second-order valence-corrected chi connectivity index (χ2v) is 7.71. The summed E-state index contributed by atoms with van der Waals surface area (Å²) in [6, 6.07) is 6.01. The van der Waals surface area contributed by atoms with Crippen LogP contribution in [0.25, 0.3) is 22.4 Å². The highest BCUT2D eigenvalue weighted by Gasteiger charge is 2.34. The van der Waals surface area contributed by atoms with Crippen LogP contribution in [-0.4, -0.2) is 39.7 Å². The van der Waals surface area contributed by atoms with Gasteiger partial charge in [-0.25, -0.2) is 18.2 Å². The van der Waals surface area contributed by atoms with Crippen molar-refractivity contribution in [2.75, 3.05) is 12.6 Å². The van der Waals surface area contributed by atoms with Gasteiger partial charge in [-0.05, 0) is 31.0 Å². The molecule has 33 heavy (non-hydrogen) atoms. The Morgan fingerprint density at radius 1 is 1.15 bits per heavy atom. The fraction of sp³-hybridized carbons (Fsp3) is 0.261. The molecule has 172 valence electrons. The highest BCUT2D eigenvalue weighted by molar-refractivity contribution is 6.19. The number of benzene rings is 1. The number of halogens is 4. The lowest BCUT2D eigenvalue weighted by Gasteiger charge is -2.29. The summed E-state index contributed by atoms with van der Waals surface area (Å²) >= 11 is 5.67. The summed E-state index contributed by atoms with van der Waals surface area (Å²) in [6.45, 7) is -0.0640. The Kier molecular flexibility index (Phi) is 6.92. The van der Waals surface area contributed by atoms with Gasteiger partial charge in [0.25, 0.3) is 5.91 Å². The first-order valence-corrected chi connectivity index (χ1v) is 10.7. The average Bonchev–Trinajstić information content (AvgIpc) is 2.81. The first-order valence-electron chi connectivity index (χ1n) is 10.1. The lowest BCUT2D eigenvalue weighted by molar-refractivity contribution is -0.0578. The van der Waals surface area contributed by atoms with Gasteiger partial charge in [0.05, 0.1) is 30.4 Å². The molecule has 0 radical (unpaired) electrons. The lowest BCUT2D eigenvalue weighted by Crippen LogP contribution is -2.28. The molecular weight excluding hydrogens is 459 g/mol. The maximum Gasteiger partial charge on any atom is 0.271 e. The minimum Gasteiger partial charge on any atom is -0.391 e. The fourth-order valence-corrected chi connectivity index (χ4v) is 3.97. The number of alkyl halides is 1. The summed E-state index contributed by atoms with van der Waals surface area (Å²) in [6.07, 6.45) is 1.81. The molecule has 1 saturated heterocycles. The van der Waals surface area contributed by atoms with Crippen LogP contribution in [0.4, 0.5) is 13.2 Å². The highest BCUT2D eigenvalue weighted by atomic mass is 35.5. The molecule has 2 aromatic heterocycles. The number of hydrogen-bond acceptors (Lipinski definition) is 5. The molecule has 1 fully saturated rings. The number of amides is 1. The molecule has 2 atom stereocenters. The summed E-state index contributed by atoms with van der Waals surface area (Å²) in [5.41, 5.74) is -1.32. The number of rotatable bonds is 5. The number of aliphatic hydroxyl groups is 1. The van der Waals surface area contributed by atoms with E-state index in [1.807, 2.05) is 0 Å². The molecule has 10 heteroatoms. The van der Waals surface area contributed by atoms with Gasteiger partial charge in [0, 0.05) is 29.1 Å². The minimum absolute atomic E-state index is 0.0640. The number of nitrogens with one attached hydrogen (secondary N) is 1. The standard InChI is InChI=1S/C23H19ClF3N3O3/c24-11-29-23(32)22-17(12-3-2-8-28-9-12)19(16-7-6-13(31)10-33-16)20(27)21(30-22)18-14(25)4-1-5-15(18)26/h1-5,8-9,13,16,31H,6-7,10-11H2,(H,29,32). The van der Waals surface area contributed by atoms with Gasteiger partial charge in [0.2, 0.25) is 0 Å². The Balaban J connectivity index is 2.06. The Morgan fingerprint density at radius 2 is 1.91 bits per heavy atom. The maximum absolute atomic E-state index is 16.1. The molecule has 1 aromatic carbocycles. The van der Waals surface area contributed by atoms with Gasteiger partial charge in [0.1, 0.15) is 23.0 Å². The van der Waals surface area contributed by atoms with Gasteiger partial charge >= 0.3 is 0 Å². The van der Waals surface area contributed by atoms with E-state index in [4.69, 9.17) is 16.3 Å². The number of carbonyl (C=O) groups is 1. The summed E-state index contributed by atoms with van der Waals surface area (Å²) in [5.74, 6) is -3.86. The third kappa shape index (κ3) is 4.57. The van der Waals surface area contributed by atoms with Crippen LogP contribution in [0.15, 0.2) is 42.7 Å². The van der Waals surface area contributed by atoms with Crippen molar-refractivity contribution in [3.63, 3.8) is 0 Å². The molecule has 0 spiro atoms. The molecule has 0 bridgehead atoms. The van der Waals surface area contributed by atoms with Crippen LogP contribution in [0.1, 0.15) is 35.0 Å². The molecule has 0 saturated carbocycles. The Morgan fingerprint density at radius 3 is 2.52 bits per heavy atom. The zero-order valence-electron chi connectivity index (χ0n) is 17.2. The van der Waals surface area contributed by atoms with Crippen molar-refractivity contribution in [3.8, 4) is 22.4 Å². The number of aliphatic hydroxyl groups excluding tert-OH is 1. The van der Waals surface area contributed by atoms with Crippen LogP contribution in [0.5, 0.6) is 0 Å². The Labute approximate surface area is 192 Å². The van der Waals surface area contributed by atoms with E-state index in [1.165, 1.54) is 12.4 Å². The van der Waals surface area contributed by atoms with Crippen molar-refractivity contribution in [2.24, 2.45) is 0 Å². The van der Waals surface area contributed by atoms with Crippen molar-refractivity contribution in [2.45, 2.75) is 25.0 Å². The number of carbonyl (C=O) groups excluding carboxylic acids is 1. The minimum atomic E-state index is -1.04. The van der Waals surface area contributed by atoms with Gasteiger partial charge in [-0.3, -0.25) is 9.78 Å². The quantitative estimate of drug-likeness (QED) is 0.421. The van der Waals surface area contributed by atoms with E-state index in [0.29, 0.717) is 12.0 Å². The lowest BCUT2D eigenvalue weighted by atomic mass is 9.89. The van der Waals surface area contributed by atoms with Crippen LogP contribution < -0.4 is 5.32 Å². The van der Waals surface area contributed by atoms with Crippen LogP contribution in [0.2, 0.25) is 0 Å². The van der Waals surface area contributed by atoms with E-state index < -0.39 is 46.8 Å². The topological polar surface area (TPSA) is 84.3 Å². The third-order valence-electron chi connectivity index (χ3n) is 5.34. The first kappa shape index (κ1) is 23.2. The largest absolute Gasteiger partial charge is 0.391 e. The van der Waals surface area contributed by atoms with Gasteiger partial charge < -0.3 is 15.2 Å². The van der Waals surface area contributed by atoms with Crippen molar-refractivity contribution in [1.82, 2.24) is 15.3 Å². The molecular formula is C23H19ClF3N3O3. The van der Waals surface area contributed by atoms with Gasteiger partial charge in [-0.2, -0.15) is 0 Å². The van der Waals surface area contributed by atoms with Gasteiger partial charge in [0.15, 0.2) is 5.82 Å². The number of pyridine rings is 2. The molecule has 2 N–H and O–H groups in total. The van der Waals surface area contributed by atoms with Crippen molar-refractivity contribution < 1.29 is 27.8 Å².